The lowest BCUT2D eigenvalue weighted by atomic mass is 10.2. The third kappa shape index (κ3) is 4.08. The predicted octanol–water partition coefficient (Wildman–Crippen LogP) is 2.08. The van der Waals surface area contributed by atoms with Crippen LogP contribution in [0.25, 0.3) is 10.9 Å². The molecule has 0 aliphatic carbocycles. The summed E-state index contributed by atoms with van der Waals surface area (Å²) >= 11 is 0. The monoisotopic (exact) mass is 343 g/mol. The van der Waals surface area contributed by atoms with Crippen molar-refractivity contribution in [2.45, 2.75) is 44.4 Å². The third-order valence-electron chi connectivity index (χ3n) is 5.01. The molecule has 2 aliphatic heterocycles. The van der Waals surface area contributed by atoms with Gasteiger partial charge in [-0.15, -0.1) is 0 Å². The fourth-order valence-corrected chi connectivity index (χ4v) is 3.78. The number of rotatable bonds is 6. The zero-order valence-corrected chi connectivity index (χ0v) is 14.4. The van der Waals surface area contributed by atoms with Crippen molar-refractivity contribution in [3.8, 4) is 0 Å². The van der Waals surface area contributed by atoms with Gasteiger partial charge in [0.25, 0.3) is 5.56 Å². The summed E-state index contributed by atoms with van der Waals surface area (Å²) in [7, 11) is 0. The summed E-state index contributed by atoms with van der Waals surface area (Å²) in [4.78, 5) is 22.2. The maximum Gasteiger partial charge on any atom is 0.258 e. The van der Waals surface area contributed by atoms with Crippen LogP contribution in [-0.2, 0) is 16.0 Å². The molecule has 3 heterocycles. The van der Waals surface area contributed by atoms with Gasteiger partial charge < -0.3 is 14.5 Å². The highest BCUT2D eigenvalue weighted by atomic mass is 16.5. The zero-order chi connectivity index (χ0) is 17.1. The van der Waals surface area contributed by atoms with Gasteiger partial charge in [-0.3, -0.25) is 9.69 Å². The topological polar surface area (TPSA) is 67.5 Å². The first-order valence-corrected chi connectivity index (χ1v) is 9.21. The van der Waals surface area contributed by atoms with E-state index in [0.717, 1.165) is 57.5 Å². The number of para-hydroxylation sites is 1. The van der Waals surface area contributed by atoms with Crippen molar-refractivity contribution in [2.24, 2.45) is 0 Å². The molecule has 0 radical (unpaired) electrons. The maximum absolute atomic E-state index is 12.3. The largest absolute Gasteiger partial charge is 0.377 e. The Morgan fingerprint density at radius 3 is 2.40 bits per heavy atom. The highest BCUT2D eigenvalue weighted by Gasteiger charge is 2.24. The van der Waals surface area contributed by atoms with Crippen molar-refractivity contribution in [1.29, 1.82) is 0 Å². The highest BCUT2D eigenvalue weighted by Crippen LogP contribution is 2.18. The Hall–Kier alpha value is -1.76. The fraction of sp³-hybridized carbons (Fsp3) is 0.579. The molecule has 6 nitrogen and oxygen atoms in total. The van der Waals surface area contributed by atoms with Gasteiger partial charge in [0.2, 0.25) is 0 Å². The van der Waals surface area contributed by atoms with E-state index in [2.05, 4.69) is 14.9 Å². The van der Waals surface area contributed by atoms with Crippen molar-refractivity contribution in [1.82, 2.24) is 14.9 Å². The normalized spacial score (nSPS) is 23.7. The average Bonchev–Trinajstić information content (AvgIpc) is 3.29. The van der Waals surface area contributed by atoms with Gasteiger partial charge in [-0.1, -0.05) is 12.1 Å². The minimum absolute atomic E-state index is 0.0743. The highest BCUT2D eigenvalue weighted by molar-refractivity contribution is 5.77. The van der Waals surface area contributed by atoms with Crippen LogP contribution in [0.15, 0.2) is 29.1 Å². The first kappa shape index (κ1) is 16.7. The van der Waals surface area contributed by atoms with Crippen LogP contribution in [0, 0.1) is 0 Å². The van der Waals surface area contributed by atoms with Gasteiger partial charge in [-0.2, -0.15) is 0 Å². The van der Waals surface area contributed by atoms with Crippen molar-refractivity contribution >= 4 is 10.9 Å². The molecule has 2 aromatic rings. The third-order valence-corrected chi connectivity index (χ3v) is 5.01. The molecule has 2 aliphatic rings. The second kappa shape index (κ2) is 7.64. The number of nitrogens with one attached hydrogen (secondary N) is 1. The van der Waals surface area contributed by atoms with Crippen molar-refractivity contribution in [2.75, 3.05) is 26.3 Å². The molecule has 0 unspecified atom stereocenters. The van der Waals surface area contributed by atoms with E-state index in [4.69, 9.17) is 9.47 Å². The first-order valence-electron chi connectivity index (χ1n) is 9.21. The lowest BCUT2D eigenvalue weighted by Crippen LogP contribution is -2.38. The van der Waals surface area contributed by atoms with Gasteiger partial charge in [-0.25, -0.2) is 4.98 Å². The van der Waals surface area contributed by atoms with Gasteiger partial charge >= 0.3 is 0 Å². The second-order valence-electron chi connectivity index (χ2n) is 6.99. The zero-order valence-electron chi connectivity index (χ0n) is 14.4. The van der Waals surface area contributed by atoms with Crippen LogP contribution < -0.4 is 5.56 Å². The van der Waals surface area contributed by atoms with E-state index in [1.807, 2.05) is 18.2 Å². The smallest absolute Gasteiger partial charge is 0.258 e. The van der Waals surface area contributed by atoms with Gasteiger partial charge in [0, 0.05) is 26.3 Å². The lowest BCUT2D eigenvalue weighted by molar-refractivity contribution is 0.0336. The number of ether oxygens (including phenoxy) is 2. The number of hydrogen-bond donors (Lipinski definition) is 1. The SMILES string of the molecule is O=c1[nH]c(CN(C[C@H]2CCCO2)C[C@H]2CCCO2)nc2ccccc12. The van der Waals surface area contributed by atoms with E-state index in [0.29, 0.717) is 17.8 Å². The molecule has 0 amide bonds. The molecule has 25 heavy (non-hydrogen) atoms. The van der Waals surface area contributed by atoms with E-state index in [-0.39, 0.29) is 17.8 Å². The van der Waals surface area contributed by atoms with E-state index in [9.17, 15) is 4.79 Å². The van der Waals surface area contributed by atoms with Crippen LogP contribution in [0.5, 0.6) is 0 Å². The van der Waals surface area contributed by atoms with Crippen LogP contribution >= 0.6 is 0 Å². The van der Waals surface area contributed by atoms with Gasteiger partial charge in [0.15, 0.2) is 0 Å². The molecule has 134 valence electrons. The molecule has 6 heteroatoms. The molecule has 2 fully saturated rings. The summed E-state index contributed by atoms with van der Waals surface area (Å²) in [6, 6.07) is 7.47. The Kier molecular flexibility index (Phi) is 5.10. The predicted molar refractivity (Wildman–Crippen MR) is 95.6 cm³/mol. The second-order valence-corrected chi connectivity index (χ2v) is 6.99. The molecular formula is C19H25N3O3. The van der Waals surface area contributed by atoms with Crippen molar-refractivity contribution in [3.05, 3.63) is 40.4 Å². The van der Waals surface area contributed by atoms with Crippen LogP contribution in [0.1, 0.15) is 31.5 Å². The van der Waals surface area contributed by atoms with Crippen LogP contribution in [0.2, 0.25) is 0 Å². The van der Waals surface area contributed by atoms with Crippen LogP contribution in [-0.4, -0.2) is 53.4 Å². The molecule has 0 spiro atoms. The van der Waals surface area contributed by atoms with Crippen molar-refractivity contribution < 1.29 is 9.47 Å². The Morgan fingerprint density at radius 1 is 1.08 bits per heavy atom. The minimum atomic E-state index is -0.0743. The molecule has 4 rings (SSSR count). The molecule has 1 N–H and O–H groups in total. The van der Waals surface area contributed by atoms with E-state index in [1.54, 1.807) is 6.07 Å². The number of aromatic amines is 1. The van der Waals surface area contributed by atoms with Gasteiger partial charge in [0.05, 0.1) is 29.7 Å². The van der Waals surface area contributed by atoms with Crippen LogP contribution in [0.3, 0.4) is 0 Å². The summed E-state index contributed by atoms with van der Waals surface area (Å²) in [5.74, 6) is 0.708. The number of hydrogen-bond acceptors (Lipinski definition) is 5. The Bertz CT molecular complexity index is 746. The standard InChI is InChI=1S/C19H25N3O3/c23-19-16-7-1-2-8-17(16)20-18(21-19)13-22(11-14-5-3-9-24-14)12-15-6-4-10-25-15/h1-2,7-8,14-15H,3-6,9-13H2,(H,20,21,23)/t14-,15-/m1/s1. The van der Waals surface area contributed by atoms with E-state index in [1.165, 1.54) is 0 Å². The molecule has 2 atom stereocenters. The number of benzene rings is 1. The number of aromatic nitrogens is 2. The van der Waals surface area contributed by atoms with Gasteiger partial charge in [-0.05, 0) is 37.8 Å². The number of H-pyrrole nitrogens is 1. The average molecular weight is 343 g/mol. The van der Waals surface area contributed by atoms with Gasteiger partial charge in [0.1, 0.15) is 5.82 Å². The summed E-state index contributed by atoms with van der Waals surface area (Å²) in [6.45, 7) is 4.03. The minimum Gasteiger partial charge on any atom is -0.377 e. The summed E-state index contributed by atoms with van der Waals surface area (Å²) in [5.41, 5.74) is 0.671. The molecular weight excluding hydrogens is 318 g/mol. The molecule has 1 aromatic carbocycles. The van der Waals surface area contributed by atoms with E-state index >= 15 is 0 Å². The first-order chi connectivity index (χ1) is 12.3. The van der Waals surface area contributed by atoms with Crippen molar-refractivity contribution in [3.63, 3.8) is 0 Å². The quantitative estimate of drug-likeness (QED) is 0.870. The molecule has 0 saturated carbocycles. The molecule has 1 aromatic heterocycles. The van der Waals surface area contributed by atoms with E-state index < -0.39 is 0 Å². The van der Waals surface area contributed by atoms with Crippen LogP contribution in [0.4, 0.5) is 0 Å². The summed E-state index contributed by atoms with van der Waals surface area (Å²) < 4.78 is 11.6. The molecule has 0 bridgehead atoms. The Morgan fingerprint density at radius 2 is 1.76 bits per heavy atom. The number of nitrogens with zero attached hydrogens (tertiary/aromatic N) is 2. The Labute approximate surface area is 147 Å². The maximum atomic E-state index is 12.3. The number of fused-ring (bicyclic) bond motifs is 1. The lowest BCUT2D eigenvalue weighted by Gasteiger charge is -2.27. The molecule has 2 saturated heterocycles. The summed E-state index contributed by atoms with van der Waals surface area (Å²) in [5, 5.41) is 0.635. The fourth-order valence-electron chi connectivity index (χ4n) is 3.78. The summed E-state index contributed by atoms with van der Waals surface area (Å²) in [6.07, 6.45) is 5.00. The Balaban J connectivity index is 1.52.